The average molecular weight is 271 g/mol. The summed E-state index contributed by atoms with van der Waals surface area (Å²) < 4.78 is 37.5. The molecule has 2 N–H and O–H groups in total. The Bertz CT molecular complexity index is 434. The lowest BCUT2D eigenvalue weighted by atomic mass is 9.76. The molecule has 0 aliphatic heterocycles. The lowest BCUT2D eigenvalue weighted by molar-refractivity contribution is -0.137. The second kappa shape index (κ2) is 4.82. The topological polar surface area (TPSA) is 26.0 Å². The molecule has 1 aliphatic carbocycles. The molecule has 2 unspecified atom stereocenters. The van der Waals surface area contributed by atoms with Crippen LogP contribution < -0.4 is 5.73 Å². The lowest BCUT2D eigenvalue weighted by Gasteiger charge is -2.32. The van der Waals surface area contributed by atoms with Gasteiger partial charge in [-0.15, -0.1) is 0 Å². The smallest absolute Gasteiger partial charge is 0.324 e. The maximum absolute atomic E-state index is 12.5. The Kier molecular flexibility index (Phi) is 3.65. The van der Waals surface area contributed by atoms with Crippen LogP contribution in [-0.4, -0.2) is 0 Å². The molecule has 0 saturated heterocycles. The largest absolute Gasteiger partial charge is 0.416 e. The zero-order valence-corrected chi connectivity index (χ0v) is 11.3. The van der Waals surface area contributed by atoms with E-state index >= 15 is 0 Å². The van der Waals surface area contributed by atoms with Crippen LogP contribution in [0.4, 0.5) is 13.2 Å². The molecule has 0 bridgehead atoms. The molecule has 19 heavy (non-hydrogen) atoms. The monoisotopic (exact) mass is 271 g/mol. The highest BCUT2D eigenvalue weighted by molar-refractivity contribution is 5.27. The SMILES string of the molecule is CC1(C)CCCC1C(N)c1ccc(C(F)(F)F)cc1. The summed E-state index contributed by atoms with van der Waals surface area (Å²) in [4.78, 5) is 0. The second-order valence-corrected chi connectivity index (χ2v) is 6.13. The molecule has 0 spiro atoms. The Morgan fingerprint density at radius 2 is 1.79 bits per heavy atom. The molecular formula is C15H20F3N. The molecule has 1 saturated carbocycles. The molecule has 106 valence electrons. The predicted octanol–water partition coefficient (Wildman–Crippen LogP) is 4.53. The summed E-state index contributed by atoms with van der Waals surface area (Å²) in [7, 11) is 0. The minimum absolute atomic E-state index is 0.169. The number of nitrogens with two attached hydrogens (primary N) is 1. The number of hydrogen-bond donors (Lipinski definition) is 1. The van der Waals surface area contributed by atoms with Crippen molar-refractivity contribution in [3.05, 3.63) is 35.4 Å². The van der Waals surface area contributed by atoms with Crippen molar-refractivity contribution in [1.82, 2.24) is 0 Å². The molecule has 1 nitrogen and oxygen atoms in total. The first-order valence-corrected chi connectivity index (χ1v) is 6.64. The third-order valence-electron chi connectivity index (χ3n) is 4.40. The van der Waals surface area contributed by atoms with Gasteiger partial charge in [-0.05, 0) is 41.9 Å². The summed E-state index contributed by atoms with van der Waals surface area (Å²) in [5, 5.41) is 0. The third-order valence-corrected chi connectivity index (χ3v) is 4.40. The summed E-state index contributed by atoms with van der Waals surface area (Å²) in [6.07, 6.45) is -0.956. The minimum Gasteiger partial charge on any atom is -0.324 e. The zero-order valence-electron chi connectivity index (χ0n) is 11.3. The molecule has 1 aromatic rings. The van der Waals surface area contributed by atoms with Crippen LogP contribution in [0.1, 0.15) is 50.3 Å². The van der Waals surface area contributed by atoms with E-state index in [1.54, 1.807) is 0 Å². The van der Waals surface area contributed by atoms with E-state index in [-0.39, 0.29) is 11.5 Å². The third kappa shape index (κ3) is 2.94. The maximum Gasteiger partial charge on any atom is 0.416 e. The first-order valence-electron chi connectivity index (χ1n) is 6.64. The molecule has 2 rings (SSSR count). The molecule has 0 amide bonds. The van der Waals surface area contributed by atoms with Gasteiger partial charge in [-0.1, -0.05) is 32.4 Å². The van der Waals surface area contributed by atoms with Gasteiger partial charge in [-0.3, -0.25) is 0 Å². The highest BCUT2D eigenvalue weighted by Crippen LogP contribution is 2.47. The summed E-state index contributed by atoms with van der Waals surface area (Å²) in [5.74, 6) is 0.337. The highest BCUT2D eigenvalue weighted by Gasteiger charge is 2.39. The van der Waals surface area contributed by atoms with Crippen molar-refractivity contribution in [3.8, 4) is 0 Å². The average Bonchev–Trinajstić information content (AvgIpc) is 2.67. The highest BCUT2D eigenvalue weighted by atomic mass is 19.4. The van der Waals surface area contributed by atoms with E-state index in [1.807, 2.05) is 0 Å². The van der Waals surface area contributed by atoms with Gasteiger partial charge in [0.2, 0.25) is 0 Å². The van der Waals surface area contributed by atoms with E-state index in [0.29, 0.717) is 5.92 Å². The molecule has 0 radical (unpaired) electrons. The fourth-order valence-corrected chi connectivity index (χ4v) is 3.15. The number of alkyl halides is 3. The van der Waals surface area contributed by atoms with E-state index in [1.165, 1.54) is 12.1 Å². The maximum atomic E-state index is 12.5. The Morgan fingerprint density at radius 3 is 2.21 bits per heavy atom. The van der Waals surface area contributed by atoms with Crippen molar-refractivity contribution < 1.29 is 13.2 Å². The van der Waals surface area contributed by atoms with Crippen molar-refractivity contribution >= 4 is 0 Å². The van der Waals surface area contributed by atoms with Crippen LogP contribution >= 0.6 is 0 Å². The van der Waals surface area contributed by atoms with Crippen LogP contribution in [0, 0.1) is 11.3 Å². The van der Waals surface area contributed by atoms with E-state index in [0.717, 1.165) is 37.0 Å². The first-order chi connectivity index (χ1) is 8.72. The van der Waals surface area contributed by atoms with Gasteiger partial charge < -0.3 is 5.73 Å². The first kappa shape index (κ1) is 14.4. The predicted molar refractivity (Wildman–Crippen MR) is 69.5 cm³/mol. The fourth-order valence-electron chi connectivity index (χ4n) is 3.15. The molecule has 4 heteroatoms. The summed E-state index contributed by atoms with van der Waals surface area (Å²) >= 11 is 0. The van der Waals surface area contributed by atoms with E-state index in [2.05, 4.69) is 13.8 Å². The standard InChI is InChI=1S/C15H20F3N/c1-14(2)9-3-4-12(14)13(19)10-5-7-11(8-6-10)15(16,17)18/h5-8,12-13H,3-4,9,19H2,1-2H3. The van der Waals surface area contributed by atoms with Crippen LogP contribution in [0.25, 0.3) is 0 Å². The molecule has 1 aliphatic rings. The van der Waals surface area contributed by atoms with Crippen LogP contribution in [-0.2, 0) is 6.18 Å². The lowest BCUT2D eigenvalue weighted by Crippen LogP contribution is -2.29. The number of benzene rings is 1. The van der Waals surface area contributed by atoms with Gasteiger partial charge >= 0.3 is 6.18 Å². The van der Waals surface area contributed by atoms with Crippen LogP contribution in [0.15, 0.2) is 24.3 Å². The van der Waals surface area contributed by atoms with E-state index in [4.69, 9.17) is 5.73 Å². The Labute approximate surface area is 112 Å². The second-order valence-electron chi connectivity index (χ2n) is 6.13. The van der Waals surface area contributed by atoms with Gasteiger partial charge in [0.25, 0.3) is 0 Å². The molecular weight excluding hydrogens is 251 g/mol. The summed E-state index contributed by atoms with van der Waals surface area (Å²) in [6.45, 7) is 4.38. The van der Waals surface area contributed by atoms with Crippen molar-refractivity contribution in [2.24, 2.45) is 17.1 Å². The molecule has 1 aromatic carbocycles. The normalized spacial score (nSPS) is 24.4. The van der Waals surface area contributed by atoms with Gasteiger partial charge in [-0.25, -0.2) is 0 Å². The molecule has 2 atom stereocenters. The fraction of sp³-hybridized carbons (Fsp3) is 0.600. The molecule has 0 aromatic heterocycles. The number of halogens is 3. The van der Waals surface area contributed by atoms with Gasteiger partial charge in [-0.2, -0.15) is 13.2 Å². The Balaban J connectivity index is 2.18. The Hall–Kier alpha value is -1.03. The van der Waals surface area contributed by atoms with Crippen LogP contribution in [0.2, 0.25) is 0 Å². The van der Waals surface area contributed by atoms with Gasteiger partial charge in [0.05, 0.1) is 5.56 Å². The summed E-state index contributed by atoms with van der Waals surface area (Å²) in [5.41, 5.74) is 6.61. The number of rotatable bonds is 2. The molecule has 1 fully saturated rings. The van der Waals surface area contributed by atoms with Crippen molar-refractivity contribution in [2.45, 2.75) is 45.3 Å². The van der Waals surface area contributed by atoms with Crippen molar-refractivity contribution in [1.29, 1.82) is 0 Å². The van der Waals surface area contributed by atoms with Crippen molar-refractivity contribution in [3.63, 3.8) is 0 Å². The Morgan fingerprint density at radius 1 is 1.21 bits per heavy atom. The van der Waals surface area contributed by atoms with Gasteiger partial charge in [0.15, 0.2) is 0 Å². The van der Waals surface area contributed by atoms with Gasteiger partial charge in [0.1, 0.15) is 0 Å². The minimum atomic E-state index is -4.28. The van der Waals surface area contributed by atoms with Gasteiger partial charge in [0, 0.05) is 6.04 Å². The van der Waals surface area contributed by atoms with E-state index in [9.17, 15) is 13.2 Å². The summed E-state index contributed by atoms with van der Waals surface area (Å²) in [6, 6.07) is 5.10. The number of hydrogen-bond acceptors (Lipinski definition) is 1. The zero-order chi connectivity index (χ0) is 14.3. The van der Waals surface area contributed by atoms with Crippen LogP contribution in [0.5, 0.6) is 0 Å². The quantitative estimate of drug-likeness (QED) is 0.840. The van der Waals surface area contributed by atoms with Crippen LogP contribution in [0.3, 0.4) is 0 Å². The van der Waals surface area contributed by atoms with Crippen molar-refractivity contribution in [2.75, 3.05) is 0 Å². The molecule has 0 heterocycles. The van der Waals surface area contributed by atoms with E-state index < -0.39 is 11.7 Å².